The lowest BCUT2D eigenvalue weighted by Gasteiger charge is -2.65. The second kappa shape index (κ2) is 1.42. The van der Waals surface area contributed by atoms with Crippen LogP contribution in [0, 0.1) is 10.8 Å². The molecule has 3 aliphatic rings. The average molecular weight is 137 g/mol. The molecule has 1 heteroatoms. The Bertz CT molecular complexity index is 138. The first-order chi connectivity index (χ1) is 4.83. The largest absolute Gasteiger partial charge is 0.316 e. The summed E-state index contributed by atoms with van der Waals surface area (Å²) >= 11 is 0. The van der Waals surface area contributed by atoms with Gasteiger partial charge in [0.25, 0.3) is 0 Å². The predicted molar refractivity (Wildman–Crippen MR) is 40.8 cm³/mol. The van der Waals surface area contributed by atoms with Gasteiger partial charge in [0.1, 0.15) is 0 Å². The molecule has 0 amide bonds. The van der Waals surface area contributed by atoms with Crippen LogP contribution in [0.25, 0.3) is 0 Å². The lowest BCUT2D eigenvalue weighted by Crippen LogP contribution is -2.65. The molecule has 0 bridgehead atoms. The van der Waals surface area contributed by atoms with Crippen LogP contribution in [-0.2, 0) is 0 Å². The molecule has 0 aromatic rings. The Hall–Kier alpha value is -0.0400. The molecule has 1 saturated heterocycles. The fourth-order valence-corrected chi connectivity index (χ4v) is 3.30. The van der Waals surface area contributed by atoms with Gasteiger partial charge in [-0.3, -0.25) is 0 Å². The molecule has 0 unspecified atom stereocenters. The predicted octanol–water partition coefficient (Wildman–Crippen LogP) is 1.54. The van der Waals surface area contributed by atoms with Crippen molar-refractivity contribution >= 4 is 0 Å². The molecule has 1 heterocycles. The number of hydrogen-bond donors (Lipinski definition) is 1. The maximum atomic E-state index is 3.39. The van der Waals surface area contributed by atoms with E-state index in [4.69, 9.17) is 0 Å². The average Bonchev–Trinajstić information content (AvgIpc) is 1.52. The zero-order chi connectivity index (χ0) is 6.66. The van der Waals surface area contributed by atoms with Crippen molar-refractivity contribution in [2.45, 2.75) is 32.1 Å². The van der Waals surface area contributed by atoms with Crippen molar-refractivity contribution in [1.82, 2.24) is 5.32 Å². The van der Waals surface area contributed by atoms with E-state index < -0.39 is 0 Å². The summed E-state index contributed by atoms with van der Waals surface area (Å²) in [6.45, 7) is 2.66. The maximum absolute atomic E-state index is 3.39. The highest BCUT2D eigenvalue weighted by atomic mass is 15.0. The Kier molecular flexibility index (Phi) is 0.797. The molecule has 1 nitrogen and oxygen atoms in total. The van der Waals surface area contributed by atoms with Crippen LogP contribution in [0.15, 0.2) is 0 Å². The highest BCUT2D eigenvalue weighted by Gasteiger charge is 2.58. The van der Waals surface area contributed by atoms with E-state index in [9.17, 15) is 0 Å². The van der Waals surface area contributed by atoms with Crippen LogP contribution in [0.1, 0.15) is 32.1 Å². The molecule has 0 radical (unpaired) electrons. The first-order valence-corrected chi connectivity index (χ1v) is 4.54. The Morgan fingerprint density at radius 3 is 1.90 bits per heavy atom. The number of hydrogen-bond acceptors (Lipinski definition) is 1. The van der Waals surface area contributed by atoms with Crippen LogP contribution in [-0.4, -0.2) is 13.1 Å². The molecule has 0 atom stereocenters. The van der Waals surface area contributed by atoms with Crippen molar-refractivity contribution < 1.29 is 0 Å². The minimum Gasteiger partial charge on any atom is -0.316 e. The lowest BCUT2D eigenvalue weighted by atomic mass is 9.43. The summed E-state index contributed by atoms with van der Waals surface area (Å²) in [4.78, 5) is 0. The molecule has 3 rings (SSSR count). The van der Waals surface area contributed by atoms with Crippen molar-refractivity contribution in [2.75, 3.05) is 13.1 Å². The van der Waals surface area contributed by atoms with Gasteiger partial charge in [-0.15, -0.1) is 0 Å². The van der Waals surface area contributed by atoms with Gasteiger partial charge in [-0.2, -0.15) is 0 Å². The summed E-state index contributed by atoms with van der Waals surface area (Å²) in [7, 11) is 0. The summed E-state index contributed by atoms with van der Waals surface area (Å²) in [6.07, 6.45) is 7.74. The highest BCUT2D eigenvalue weighted by Crippen LogP contribution is 2.65. The highest BCUT2D eigenvalue weighted by molar-refractivity contribution is 5.12. The molecule has 56 valence electrons. The third kappa shape index (κ3) is 0.493. The van der Waals surface area contributed by atoms with E-state index in [-0.39, 0.29) is 0 Å². The molecular formula is C9H15N. The van der Waals surface area contributed by atoms with Crippen LogP contribution < -0.4 is 5.32 Å². The molecule has 1 aliphatic heterocycles. The SMILES string of the molecule is C1CC2(C1)CC1(CNC1)C2. The van der Waals surface area contributed by atoms with Gasteiger partial charge in [-0.25, -0.2) is 0 Å². The monoisotopic (exact) mass is 137 g/mol. The minimum absolute atomic E-state index is 0.820. The molecule has 2 spiro atoms. The third-order valence-electron chi connectivity index (χ3n) is 3.91. The Balaban J connectivity index is 1.69. The molecule has 2 aliphatic carbocycles. The fourth-order valence-electron chi connectivity index (χ4n) is 3.30. The fraction of sp³-hybridized carbons (Fsp3) is 1.00. The van der Waals surface area contributed by atoms with E-state index in [1.54, 1.807) is 25.7 Å². The summed E-state index contributed by atoms with van der Waals surface area (Å²) in [6, 6.07) is 0. The zero-order valence-electron chi connectivity index (χ0n) is 6.45. The van der Waals surface area contributed by atoms with Gasteiger partial charge in [0.15, 0.2) is 0 Å². The molecule has 3 fully saturated rings. The first-order valence-electron chi connectivity index (χ1n) is 4.54. The van der Waals surface area contributed by atoms with E-state index in [0.717, 1.165) is 10.8 Å². The van der Waals surface area contributed by atoms with Crippen molar-refractivity contribution in [3.63, 3.8) is 0 Å². The zero-order valence-corrected chi connectivity index (χ0v) is 6.45. The Labute approximate surface area is 62.2 Å². The molecule has 10 heavy (non-hydrogen) atoms. The van der Waals surface area contributed by atoms with E-state index in [1.807, 2.05) is 0 Å². The Morgan fingerprint density at radius 2 is 1.60 bits per heavy atom. The first kappa shape index (κ1) is 5.59. The normalized spacial score (nSPS) is 38.4. The maximum Gasteiger partial charge on any atom is 0.00206 e. The van der Waals surface area contributed by atoms with Crippen molar-refractivity contribution in [3.05, 3.63) is 0 Å². The molecule has 0 aromatic carbocycles. The smallest absolute Gasteiger partial charge is 0.00206 e. The van der Waals surface area contributed by atoms with E-state index in [2.05, 4.69) is 5.32 Å². The van der Waals surface area contributed by atoms with Crippen LogP contribution in [0.4, 0.5) is 0 Å². The van der Waals surface area contributed by atoms with E-state index in [1.165, 1.54) is 19.5 Å². The summed E-state index contributed by atoms with van der Waals surface area (Å²) in [5, 5.41) is 3.39. The van der Waals surface area contributed by atoms with Crippen LogP contribution >= 0.6 is 0 Å². The van der Waals surface area contributed by atoms with Gasteiger partial charge >= 0.3 is 0 Å². The lowest BCUT2D eigenvalue weighted by molar-refractivity contribution is -0.123. The molecule has 2 saturated carbocycles. The van der Waals surface area contributed by atoms with Crippen molar-refractivity contribution in [2.24, 2.45) is 10.8 Å². The number of nitrogens with one attached hydrogen (secondary N) is 1. The van der Waals surface area contributed by atoms with Gasteiger partial charge < -0.3 is 5.32 Å². The standard InChI is InChI=1S/C9H15N/c1-2-8(3-1)4-9(5-8)6-10-7-9/h10H,1-7H2. The second-order valence-electron chi connectivity index (χ2n) is 4.81. The number of rotatable bonds is 0. The molecule has 0 aromatic heterocycles. The van der Waals surface area contributed by atoms with E-state index >= 15 is 0 Å². The van der Waals surface area contributed by atoms with Gasteiger partial charge in [-0.05, 0) is 36.5 Å². The second-order valence-corrected chi connectivity index (χ2v) is 4.81. The quantitative estimate of drug-likeness (QED) is 0.534. The molecule has 1 N–H and O–H groups in total. The van der Waals surface area contributed by atoms with Crippen molar-refractivity contribution in [1.29, 1.82) is 0 Å². The summed E-state index contributed by atoms with van der Waals surface area (Å²) in [5.74, 6) is 0. The summed E-state index contributed by atoms with van der Waals surface area (Å²) < 4.78 is 0. The summed E-state index contributed by atoms with van der Waals surface area (Å²) in [5.41, 5.74) is 1.71. The van der Waals surface area contributed by atoms with Crippen molar-refractivity contribution in [3.8, 4) is 0 Å². The topological polar surface area (TPSA) is 12.0 Å². The van der Waals surface area contributed by atoms with Gasteiger partial charge in [0, 0.05) is 13.1 Å². The Morgan fingerprint density at radius 1 is 0.900 bits per heavy atom. The van der Waals surface area contributed by atoms with E-state index in [0.29, 0.717) is 0 Å². The molecular weight excluding hydrogens is 122 g/mol. The van der Waals surface area contributed by atoms with Gasteiger partial charge in [-0.1, -0.05) is 6.42 Å². The van der Waals surface area contributed by atoms with Crippen LogP contribution in [0.2, 0.25) is 0 Å². The van der Waals surface area contributed by atoms with Gasteiger partial charge in [0.2, 0.25) is 0 Å². The van der Waals surface area contributed by atoms with Gasteiger partial charge in [0.05, 0.1) is 0 Å². The van der Waals surface area contributed by atoms with Crippen LogP contribution in [0.5, 0.6) is 0 Å². The minimum atomic E-state index is 0.820. The third-order valence-corrected chi connectivity index (χ3v) is 3.91. The van der Waals surface area contributed by atoms with Crippen LogP contribution in [0.3, 0.4) is 0 Å².